The lowest BCUT2D eigenvalue weighted by Gasteiger charge is -2.19. The molecule has 0 saturated carbocycles. The molecular formula is C20H15N5O. The van der Waals surface area contributed by atoms with Crippen LogP contribution in [0.1, 0.15) is 22.9 Å². The van der Waals surface area contributed by atoms with Crippen molar-refractivity contribution in [1.29, 1.82) is 0 Å². The minimum absolute atomic E-state index is 0.00672. The average Bonchev–Trinajstić information content (AvgIpc) is 3.04. The molecule has 1 unspecified atom stereocenters. The zero-order chi connectivity index (χ0) is 17.5. The first kappa shape index (κ1) is 14.8. The van der Waals surface area contributed by atoms with Gasteiger partial charge in [-0.3, -0.25) is 0 Å². The fourth-order valence-electron chi connectivity index (χ4n) is 3.73. The minimum atomic E-state index is -0.0337. The summed E-state index contributed by atoms with van der Waals surface area (Å²) in [5.74, 6) is 0. The van der Waals surface area contributed by atoms with Gasteiger partial charge >= 0.3 is 0 Å². The van der Waals surface area contributed by atoms with Gasteiger partial charge in [-0.15, -0.1) is 5.10 Å². The molecule has 2 aromatic heterocycles. The van der Waals surface area contributed by atoms with E-state index < -0.39 is 0 Å². The van der Waals surface area contributed by atoms with Gasteiger partial charge in [0.15, 0.2) is 5.65 Å². The van der Waals surface area contributed by atoms with Crippen molar-refractivity contribution in [1.82, 2.24) is 15.2 Å². The van der Waals surface area contributed by atoms with Crippen molar-refractivity contribution in [3.05, 3.63) is 82.5 Å². The number of aromatic nitrogens is 3. The summed E-state index contributed by atoms with van der Waals surface area (Å²) in [5, 5.41) is 16.2. The smallest absolute Gasteiger partial charge is 0.160 e. The van der Waals surface area contributed by atoms with Gasteiger partial charge in [-0.1, -0.05) is 53.7 Å². The number of aromatic amines is 1. The number of fused-ring (bicyclic) bond motifs is 2. The summed E-state index contributed by atoms with van der Waals surface area (Å²) in [4.78, 5) is 14.2. The predicted molar refractivity (Wildman–Crippen MR) is 101 cm³/mol. The number of nitrogens with one attached hydrogen (secondary N) is 2. The van der Waals surface area contributed by atoms with Crippen LogP contribution in [0.4, 0.5) is 5.69 Å². The molecule has 5 rings (SSSR count). The van der Waals surface area contributed by atoms with E-state index in [9.17, 15) is 4.91 Å². The number of anilines is 1. The van der Waals surface area contributed by atoms with Crippen LogP contribution in [0.3, 0.4) is 0 Å². The molecule has 6 nitrogen and oxygen atoms in total. The molecule has 0 radical (unpaired) electrons. The van der Waals surface area contributed by atoms with Crippen molar-refractivity contribution in [3.63, 3.8) is 0 Å². The van der Waals surface area contributed by atoms with E-state index in [4.69, 9.17) is 0 Å². The highest BCUT2D eigenvalue weighted by Crippen LogP contribution is 2.44. The molecule has 6 heteroatoms. The molecule has 4 aromatic rings. The van der Waals surface area contributed by atoms with E-state index in [1.807, 2.05) is 48.7 Å². The lowest BCUT2D eigenvalue weighted by atomic mass is 9.96. The van der Waals surface area contributed by atoms with E-state index in [0.29, 0.717) is 11.3 Å². The highest BCUT2D eigenvalue weighted by molar-refractivity contribution is 6.02. The third-order valence-electron chi connectivity index (χ3n) is 4.85. The van der Waals surface area contributed by atoms with Crippen molar-refractivity contribution in [3.8, 4) is 11.1 Å². The molecule has 0 spiro atoms. The van der Waals surface area contributed by atoms with Crippen LogP contribution in [0, 0.1) is 4.91 Å². The summed E-state index contributed by atoms with van der Waals surface area (Å²) in [6, 6.07) is 18.3. The fraction of sp³-hybridized carbons (Fsp3) is 0.100. The van der Waals surface area contributed by atoms with Crippen molar-refractivity contribution in [2.45, 2.75) is 12.6 Å². The summed E-state index contributed by atoms with van der Waals surface area (Å²) >= 11 is 0. The Morgan fingerprint density at radius 2 is 1.81 bits per heavy atom. The van der Waals surface area contributed by atoms with Gasteiger partial charge < -0.3 is 10.3 Å². The monoisotopic (exact) mass is 341 g/mol. The first-order valence-electron chi connectivity index (χ1n) is 8.43. The van der Waals surface area contributed by atoms with E-state index >= 15 is 0 Å². The number of para-hydroxylation sites is 1. The largest absolute Gasteiger partial charge is 0.374 e. The van der Waals surface area contributed by atoms with Gasteiger partial charge in [-0.25, -0.2) is 0 Å². The molecule has 2 N–H and O–H groups in total. The SMILES string of the molecule is O=NCc1nnc2[nH]cc3c2c1-c1ccccc1NC3c1ccccc1. The highest BCUT2D eigenvalue weighted by atomic mass is 16.3. The van der Waals surface area contributed by atoms with Gasteiger partial charge in [0.05, 0.1) is 11.7 Å². The molecule has 0 fully saturated rings. The number of hydrogen-bond acceptors (Lipinski definition) is 5. The summed E-state index contributed by atoms with van der Waals surface area (Å²) in [7, 11) is 0. The molecule has 126 valence electrons. The quantitative estimate of drug-likeness (QED) is 0.541. The lowest BCUT2D eigenvalue weighted by Crippen LogP contribution is -2.11. The second-order valence-electron chi connectivity index (χ2n) is 6.31. The Labute approximate surface area is 149 Å². The molecule has 1 aliphatic rings. The Morgan fingerprint density at radius 3 is 2.65 bits per heavy atom. The molecule has 2 aromatic carbocycles. The minimum Gasteiger partial charge on any atom is -0.374 e. The van der Waals surface area contributed by atoms with E-state index in [1.54, 1.807) is 0 Å². The van der Waals surface area contributed by atoms with Crippen LogP contribution >= 0.6 is 0 Å². The summed E-state index contributed by atoms with van der Waals surface area (Å²) < 4.78 is 0. The molecule has 0 bridgehead atoms. The zero-order valence-electron chi connectivity index (χ0n) is 13.8. The van der Waals surface area contributed by atoms with Gasteiger partial charge in [0.2, 0.25) is 0 Å². The van der Waals surface area contributed by atoms with Crippen molar-refractivity contribution >= 4 is 16.7 Å². The Hall–Kier alpha value is -3.54. The Balaban J connectivity index is 1.88. The van der Waals surface area contributed by atoms with E-state index in [-0.39, 0.29) is 12.6 Å². The highest BCUT2D eigenvalue weighted by Gasteiger charge is 2.28. The van der Waals surface area contributed by atoms with Gasteiger partial charge in [-0.2, -0.15) is 10.0 Å². The fourth-order valence-corrected chi connectivity index (χ4v) is 3.73. The maximum Gasteiger partial charge on any atom is 0.160 e. The topological polar surface area (TPSA) is 83.0 Å². The van der Waals surface area contributed by atoms with Crippen molar-refractivity contribution in [2.24, 2.45) is 5.18 Å². The number of nitroso groups, excluding NO2 is 1. The first-order chi connectivity index (χ1) is 12.9. The normalized spacial score (nSPS) is 15.2. The number of rotatable bonds is 3. The van der Waals surface area contributed by atoms with E-state index in [2.05, 4.69) is 37.8 Å². The molecule has 3 heterocycles. The van der Waals surface area contributed by atoms with Crippen LogP contribution in [0.5, 0.6) is 0 Å². The molecule has 26 heavy (non-hydrogen) atoms. The van der Waals surface area contributed by atoms with E-state index in [0.717, 1.165) is 33.3 Å². The van der Waals surface area contributed by atoms with Gasteiger partial charge in [0.25, 0.3) is 0 Å². The van der Waals surface area contributed by atoms with Crippen LogP contribution in [-0.4, -0.2) is 15.2 Å². The van der Waals surface area contributed by atoms with Gasteiger partial charge in [0.1, 0.15) is 6.54 Å². The molecular weight excluding hydrogens is 326 g/mol. The van der Waals surface area contributed by atoms with Crippen LogP contribution in [0.2, 0.25) is 0 Å². The summed E-state index contributed by atoms with van der Waals surface area (Å²) in [6.45, 7) is -0.00672. The van der Waals surface area contributed by atoms with Gasteiger partial charge in [-0.05, 0) is 11.6 Å². The molecule has 0 aliphatic carbocycles. The maximum absolute atomic E-state index is 11.0. The molecule has 1 aliphatic heterocycles. The van der Waals surface area contributed by atoms with Crippen LogP contribution < -0.4 is 5.32 Å². The van der Waals surface area contributed by atoms with Crippen molar-refractivity contribution < 1.29 is 0 Å². The molecule has 1 atom stereocenters. The maximum atomic E-state index is 11.0. The second-order valence-corrected chi connectivity index (χ2v) is 6.31. The number of H-pyrrole nitrogens is 1. The second kappa shape index (κ2) is 5.77. The summed E-state index contributed by atoms with van der Waals surface area (Å²) in [5.41, 5.74) is 6.47. The number of benzene rings is 2. The Kier molecular flexibility index (Phi) is 3.28. The molecule has 0 saturated heterocycles. The Morgan fingerprint density at radius 1 is 1.00 bits per heavy atom. The number of hydrogen-bond donors (Lipinski definition) is 2. The van der Waals surface area contributed by atoms with Crippen LogP contribution in [-0.2, 0) is 6.54 Å². The average molecular weight is 341 g/mol. The molecule has 0 amide bonds. The van der Waals surface area contributed by atoms with E-state index in [1.165, 1.54) is 0 Å². The third-order valence-corrected chi connectivity index (χ3v) is 4.85. The first-order valence-corrected chi connectivity index (χ1v) is 8.43. The third kappa shape index (κ3) is 2.12. The Bertz CT molecular complexity index is 1120. The van der Waals surface area contributed by atoms with Crippen LogP contribution in [0.15, 0.2) is 66.0 Å². The lowest BCUT2D eigenvalue weighted by molar-refractivity contribution is 0.914. The predicted octanol–water partition coefficient (Wildman–Crippen LogP) is 4.41. The van der Waals surface area contributed by atoms with Gasteiger partial charge in [0, 0.05) is 34.0 Å². The van der Waals surface area contributed by atoms with Crippen LogP contribution in [0.25, 0.3) is 22.2 Å². The standard InChI is InChI=1S/C20H15N5O/c26-22-11-16-17-13-8-4-5-9-15(13)23-19(12-6-2-1-3-7-12)14-10-21-20(18(14)17)25-24-16/h1-10,19,23H,11H2,(H,21,25). The zero-order valence-corrected chi connectivity index (χ0v) is 13.8. The summed E-state index contributed by atoms with van der Waals surface area (Å²) in [6.07, 6.45) is 1.97. The number of nitrogens with zero attached hydrogens (tertiary/aromatic N) is 3. The van der Waals surface area contributed by atoms with Crippen molar-refractivity contribution in [2.75, 3.05) is 5.32 Å².